The zero-order chi connectivity index (χ0) is 14.8. The highest BCUT2D eigenvalue weighted by molar-refractivity contribution is 7.92. The van der Waals surface area contributed by atoms with Gasteiger partial charge in [0.2, 0.25) is 0 Å². The first kappa shape index (κ1) is 14.4. The monoisotopic (exact) mass is 306 g/mol. The molecule has 0 spiro atoms. The highest BCUT2D eigenvalue weighted by Gasteiger charge is 2.16. The maximum atomic E-state index is 12.2. The predicted octanol–water partition coefficient (Wildman–Crippen LogP) is 3.32. The Morgan fingerprint density at radius 3 is 2.40 bits per heavy atom. The van der Waals surface area contributed by atoms with E-state index in [1.807, 2.05) is 13.0 Å². The van der Waals surface area contributed by atoms with Crippen LogP contribution in [0.5, 0.6) is 0 Å². The van der Waals surface area contributed by atoms with Crippen LogP contribution in [0.3, 0.4) is 0 Å². The highest BCUT2D eigenvalue weighted by atomic mass is 35.5. The van der Waals surface area contributed by atoms with Crippen LogP contribution < -0.4 is 4.72 Å². The lowest BCUT2D eigenvalue weighted by Crippen LogP contribution is -2.13. The van der Waals surface area contributed by atoms with Crippen molar-refractivity contribution >= 4 is 27.3 Å². The van der Waals surface area contributed by atoms with Gasteiger partial charge < -0.3 is 0 Å². The highest BCUT2D eigenvalue weighted by Crippen LogP contribution is 2.25. The summed E-state index contributed by atoms with van der Waals surface area (Å²) in [5.74, 6) is 0. The molecule has 6 heteroatoms. The van der Waals surface area contributed by atoms with Gasteiger partial charge in [0.05, 0.1) is 21.2 Å². The number of rotatable bonds is 3. The zero-order valence-corrected chi connectivity index (χ0v) is 12.2. The molecule has 0 aliphatic heterocycles. The van der Waals surface area contributed by atoms with Crippen molar-refractivity contribution < 1.29 is 8.42 Å². The van der Waals surface area contributed by atoms with Crippen LogP contribution in [0, 0.1) is 18.3 Å². The van der Waals surface area contributed by atoms with E-state index in [1.165, 1.54) is 24.3 Å². The first-order valence-corrected chi connectivity index (χ1v) is 7.58. The van der Waals surface area contributed by atoms with Crippen molar-refractivity contribution in [2.75, 3.05) is 4.72 Å². The first-order valence-electron chi connectivity index (χ1n) is 5.72. The van der Waals surface area contributed by atoms with Gasteiger partial charge in [-0.25, -0.2) is 8.42 Å². The standard InChI is InChI=1S/C14H11ClN2O2S/c1-10-5-7-11(8-6-10)20(18,19)17-14-4-2-3-13(15)12(14)9-16/h2-8,17H,1H3. The number of sulfonamides is 1. The molecular formula is C14H11ClN2O2S. The molecule has 0 saturated heterocycles. The molecule has 0 aromatic heterocycles. The minimum absolute atomic E-state index is 0.102. The van der Waals surface area contributed by atoms with Crippen LogP contribution in [0.2, 0.25) is 5.02 Å². The molecule has 0 unspecified atom stereocenters. The molecule has 2 aromatic carbocycles. The molecule has 4 nitrogen and oxygen atoms in total. The average molecular weight is 307 g/mol. The van der Waals surface area contributed by atoms with Crippen LogP contribution in [0.4, 0.5) is 5.69 Å². The minimum atomic E-state index is -3.74. The number of nitriles is 1. The van der Waals surface area contributed by atoms with Crippen molar-refractivity contribution in [3.8, 4) is 6.07 Å². The molecule has 0 saturated carbocycles. The number of anilines is 1. The van der Waals surface area contributed by atoms with E-state index in [0.29, 0.717) is 0 Å². The minimum Gasteiger partial charge on any atom is -0.278 e. The molecule has 0 fully saturated rings. The number of nitrogens with one attached hydrogen (secondary N) is 1. The molecule has 0 atom stereocenters. The Morgan fingerprint density at radius 1 is 1.15 bits per heavy atom. The number of benzene rings is 2. The number of aryl methyl sites for hydroxylation is 1. The predicted molar refractivity (Wildman–Crippen MR) is 78.2 cm³/mol. The van der Waals surface area contributed by atoms with E-state index in [-0.39, 0.29) is 21.2 Å². The summed E-state index contributed by atoms with van der Waals surface area (Å²) in [5, 5.41) is 9.24. The molecule has 0 amide bonds. The zero-order valence-electron chi connectivity index (χ0n) is 10.6. The van der Waals surface area contributed by atoms with Gasteiger partial charge in [0.1, 0.15) is 6.07 Å². The Hall–Kier alpha value is -2.03. The van der Waals surface area contributed by atoms with Crippen LogP contribution in [0.1, 0.15) is 11.1 Å². The summed E-state index contributed by atoms with van der Waals surface area (Å²) in [6.07, 6.45) is 0. The van der Waals surface area contributed by atoms with E-state index in [1.54, 1.807) is 18.2 Å². The summed E-state index contributed by atoms with van der Waals surface area (Å²) in [6.45, 7) is 1.87. The van der Waals surface area contributed by atoms with Crippen molar-refractivity contribution in [1.29, 1.82) is 5.26 Å². The third-order valence-electron chi connectivity index (χ3n) is 2.70. The van der Waals surface area contributed by atoms with Gasteiger partial charge in [-0.15, -0.1) is 0 Å². The van der Waals surface area contributed by atoms with Crippen molar-refractivity contribution in [1.82, 2.24) is 0 Å². The molecule has 0 heterocycles. The summed E-state index contributed by atoms with van der Waals surface area (Å²) < 4.78 is 26.8. The number of halogens is 1. The summed E-state index contributed by atoms with van der Waals surface area (Å²) >= 11 is 5.87. The fourth-order valence-electron chi connectivity index (χ4n) is 1.64. The molecule has 2 rings (SSSR count). The van der Waals surface area contributed by atoms with E-state index in [0.717, 1.165) is 5.56 Å². The third kappa shape index (κ3) is 2.93. The normalized spacial score (nSPS) is 10.8. The molecule has 20 heavy (non-hydrogen) atoms. The van der Waals surface area contributed by atoms with Gasteiger partial charge in [-0.05, 0) is 31.2 Å². The van der Waals surface area contributed by atoms with Crippen LogP contribution in [-0.2, 0) is 10.0 Å². The van der Waals surface area contributed by atoms with Gasteiger partial charge >= 0.3 is 0 Å². The van der Waals surface area contributed by atoms with E-state index >= 15 is 0 Å². The smallest absolute Gasteiger partial charge is 0.261 e. The van der Waals surface area contributed by atoms with Gasteiger partial charge in [-0.2, -0.15) is 5.26 Å². The summed E-state index contributed by atoms with van der Waals surface area (Å²) in [4.78, 5) is 0.131. The Labute approximate surface area is 122 Å². The lowest BCUT2D eigenvalue weighted by molar-refractivity contribution is 0.601. The van der Waals surface area contributed by atoms with Crippen molar-refractivity contribution in [3.05, 3.63) is 58.6 Å². The van der Waals surface area contributed by atoms with E-state index in [4.69, 9.17) is 16.9 Å². The number of hydrogen-bond donors (Lipinski definition) is 1. The molecule has 0 radical (unpaired) electrons. The van der Waals surface area contributed by atoms with Crippen molar-refractivity contribution in [2.24, 2.45) is 0 Å². The molecule has 1 N–H and O–H groups in total. The summed E-state index contributed by atoms with van der Waals surface area (Å²) in [7, 11) is -3.74. The summed E-state index contributed by atoms with van der Waals surface area (Å²) in [6, 6.07) is 12.9. The van der Waals surface area contributed by atoms with E-state index in [2.05, 4.69) is 4.72 Å². The number of hydrogen-bond acceptors (Lipinski definition) is 3. The Morgan fingerprint density at radius 2 is 1.80 bits per heavy atom. The second-order valence-corrected chi connectivity index (χ2v) is 6.28. The fraction of sp³-hybridized carbons (Fsp3) is 0.0714. The number of nitrogens with zero attached hydrogens (tertiary/aromatic N) is 1. The quantitative estimate of drug-likeness (QED) is 0.945. The Bertz CT molecular complexity index is 778. The maximum absolute atomic E-state index is 12.2. The van der Waals surface area contributed by atoms with Gasteiger partial charge in [-0.3, -0.25) is 4.72 Å². The maximum Gasteiger partial charge on any atom is 0.261 e. The molecule has 0 aliphatic rings. The second kappa shape index (κ2) is 5.53. The van der Waals surface area contributed by atoms with E-state index < -0.39 is 10.0 Å². The van der Waals surface area contributed by atoms with Crippen LogP contribution in [0.25, 0.3) is 0 Å². The largest absolute Gasteiger partial charge is 0.278 e. The van der Waals surface area contributed by atoms with Gasteiger partial charge in [-0.1, -0.05) is 35.4 Å². The Kier molecular flexibility index (Phi) is 3.98. The third-order valence-corrected chi connectivity index (χ3v) is 4.40. The van der Waals surface area contributed by atoms with E-state index in [9.17, 15) is 8.42 Å². The van der Waals surface area contributed by atoms with Crippen LogP contribution in [0.15, 0.2) is 47.4 Å². The van der Waals surface area contributed by atoms with Crippen LogP contribution in [-0.4, -0.2) is 8.42 Å². The molecule has 2 aromatic rings. The topological polar surface area (TPSA) is 70.0 Å². The van der Waals surface area contributed by atoms with Crippen LogP contribution >= 0.6 is 11.6 Å². The van der Waals surface area contributed by atoms with Gasteiger partial charge in [0.25, 0.3) is 10.0 Å². The fourth-order valence-corrected chi connectivity index (χ4v) is 2.93. The summed E-state index contributed by atoms with van der Waals surface area (Å²) in [5.41, 5.74) is 1.23. The molecule has 0 aliphatic carbocycles. The average Bonchev–Trinajstić information content (AvgIpc) is 2.39. The SMILES string of the molecule is Cc1ccc(S(=O)(=O)Nc2cccc(Cl)c2C#N)cc1. The lowest BCUT2D eigenvalue weighted by Gasteiger charge is -2.10. The lowest BCUT2D eigenvalue weighted by atomic mass is 10.2. The molecular weight excluding hydrogens is 296 g/mol. The molecule has 102 valence electrons. The molecule has 0 bridgehead atoms. The Balaban J connectivity index is 2.42. The first-order chi connectivity index (χ1) is 9.44. The van der Waals surface area contributed by atoms with Gasteiger partial charge in [0, 0.05) is 0 Å². The van der Waals surface area contributed by atoms with Gasteiger partial charge in [0.15, 0.2) is 0 Å². The van der Waals surface area contributed by atoms with Crippen molar-refractivity contribution in [3.63, 3.8) is 0 Å². The van der Waals surface area contributed by atoms with Crippen molar-refractivity contribution in [2.45, 2.75) is 11.8 Å². The second-order valence-electron chi connectivity index (χ2n) is 4.19.